The molecule has 5 heteroatoms. The molecule has 2 aromatic rings. The second kappa shape index (κ2) is 11.7. The Kier molecular flexibility index (Phi) is 9.30. The number of nitrogens with zero attached hydrogens (tertiary/aromatic N) is 2. The molecule has 0 radical (unpaired) electrons. The number of nitrogens with one attached hydrogen (secondary N) is 1. The Morgan fingerprint density at radius 2 is 1.62 bits per heavy atom. The van der Waals surface area contributed by atoms with Gasteiger partial charge in [-0.15, -0.1) is 0 Å². The van der Waals surface area contributed by atoms with Gasteiger partial charge in [-0.2, -0.15) is 0 Å². The first-order chi connectivity index (χ1) is 15.2. The molecule has 2 atom stereocenters. The normalized spacial score (nSPS) is 12.9. The van der Waals surface area contributed by atoms with Crippen LogP contribution in [0.15, 0.2) is 48.5 Å². The van der Waals surface area contributed by atoms with Crippen LogP contribution < -0.4 is 10.2 Å². The fourth-order valence-electron chi connectivity index (χ4n) is 3.88. The van der Waals surface area contributed by atoms with Gasteiger partial charge in [0.1, 0.15) is 0 Å². The van der Waals surface area contributed by atoms with Crippen LogP contribution in [0.3, 0.4) is 0 Å². The quantitative estimate of drug-likeness (QED) is 0.521. The molecule has 1 N–H and O–H groups in total. The van der Waals surface area contributed by atoms with Crippen LogP contribution in [0.5, 0.6) is 0 Å². The number of benzene rings is 2. The van der Waals surface area contributed by atoms with Crippen LogP contribution in [-0.4, -0.2) is 36.9 Å². The van der Waals surface area contributed by atoms with Gasteiger partial charge in [-0.05, 0) is 48.6 Å². The van der Waals surface area contributed by atoms with Crippen molar-refractivity contribution in [2.75, 3.05) is 24.3 Å². The number of carbonyl (C=O) groups is 2. The van der Waals surface area contributed by atoms with E-state index in [4.69, 9.17) is 0 Å². The van der Waals surface area contributed by atoms with Gasteiger partial charge < -0.3 is 15.1 Å². The van der Waals surface area contributed by atoms with Gasteiger partial charge in [-0.25, -0.2) is 0 Å². The van der Waals surface area contributed by atoms with Crippen molar-refractivity contribution in [3.63, 3.8) is 0 Å². The van der Waals surface area contributed by atoms with Crippen molar-refractivity contribution in [3.8, 4) is 0 Å². The van der Waals surface area contributed by atoms with E-state index < -0.39 is 0 Å². The van der Waals surface area contributed by atoms with E-state index in [1.54, 1.807) is 0 Å². The van der Waals surface area contributed by atoms with Crippen LogP contribution in [0.1, 0.15) is 64.5 Å². The third kappa shape index (κ3) is 6.35. The summed E-state index contributed by atoms with van der Waals surface area (Å²) in [7, 11) is 4.00. The zero-order valence-electron chi connectivity index (χ0n) is 20.7. The summed E-state index contributed by atoms with van der Waals surface area (Å²) in [6, 6.07) is 16.0. The predicted octanol–water partition coefficient (Wildman–Crippen LogP) is 5.67. The minimum atomic E-state index is -0.178. The fraction of sp³-hybridized carbons (Fsp3) is 0.481. The van der Waals surface area contributed by atoms with E-state index in [1.165, 1.54) is 0 Å². The number of amides is 2. The van der Waals surface area contributed by atoms with Crippen LogP contribution in [0.4, 0.5) is 11.4 Å². The first-order valence-electron chi connectivity index (χ1n) is 11.6. The molecule has 0 saturated carbocycles. The third-order valence-corrected chi connectivity index (χ3v) is 6.15. The molecule has 5 nitrogen and oxygen atoms in total. The summed E-state index contributed by atoms with van der Waals surface area (Å²) in [6.45, 7) is 10.8. The highest BCUT2D eigenvalue weighted by atomic mass is 16.2. The Balaban J connectivity index is 2.46. The molecule has 2 aromatic carbocycles. The Morgan fingerprint density at radius 1 is 0.969 bits per heavy atom. The zero-order valence-corrected chi connectivity index (χ0v) is 20.7. The SMILES string of the molecule is CCC(=O)Nc1ccc(N(C)C)c(CN(C(=O)[C@@H](CC)c2ccccc2)[C@@H](C)C(C)C)c1. The molecule has 0 fully saturated rings. The highest BCUT2D eigenvalue weighted by Crippen LogP contribution is 2.30. The van der Waals surface area contributed by atoms with E-state index in [1.807, 2.05) is 74.4 Å². The van der Waals surface area contributed by atoms with Crippen molar-refractivity contribution in [1.29, 1.82) is 0 Å². The molecule has 2 rings (SSSR count). The van der Waals surface area contributed by atoms with E-state index in [0.717, 1.165) is 28.9 Å². The van der Waals surface area contributed by atoms with Gasteiger partial charge in [0.15, 0.2) is 0 Å². The molecular weight excluding hydrogens is 398 g/mol. The van der Waals surface area contributed by atoms with Crippen molar-refractivity contribution in [2.24, 2.45) is 5.92 Å². The smallest absolute Gasteiger partial charge is 0.230 e. The minimum absolute atomic E-state index is 0.0211. The van der Waals surface area contributed by atoms with Crippen molar-refractivity contribution in [3.05, 3.63) is 59.7 Å². The van der Waals surface area contributed by atoms with E-state index >= 15 is 0 Å². The average molecular weight is 438 g/mol. The Hall–Kier alpha value is -2.82. The molecule has 0 bridgehead atoms. The van der Waals surface area contributed by atoms with Gasteiger partial charge in [-0.1, -0.05) is 58.0 Å². The number of hydrogen-bond acceptors (Lipinski definition) is 3. The largest absolute Gasteiger partial charge is 0.377 e. The van der Waals surface area contributed by atoms with Crippen LogP contribution in [0, 0.1) is 5.92 Å². The summed E-state index contributed by atoms with van der Waals surface area (Å²) < 4.78 is 0. The maximum atomic E-state index is 13.9. The lowest BCUT2D eigenvalue weighted by Gasteiger charge is -2.36. The second-order valence-electron chi connectivity index (χ2n) is 8.96. The van der Waals surface area contributed by atoms with Gasteiger partial charge in [0.05, 0.1) is 5.92 Å². The highest BCUT2D eigenvalue weighted by molar-refractivity contribution is 5.91. The lowest BCUT2D eigenvalue weighted by molar-refractivity contribution is -0.136. The number of rotatable bonds is 10. The maximum absolute atomic E-state index is 13.9. The predicted molar refractivity (Wildman–Crippen MR) is 134 cm³/mol. The number of hydrogen-bond donors (Lipinski definition) is 1. The lowest BCUT2D eigenvalue weighted by atomic mass is 9.92. The van der Waals surface area contributed by atoms with Crippen LogP contribution >= 0.6 is 0 Å². The topological polar surface area (TPSA) is 52.7 Å². The van der Waals surface area contributed by atoms with Gasteiger partial charge in [0, 0.05) is 44.5 Å². The van der Waals surface area contributed by atoms with E-state index in [2.05, 4.69) is 37.9 Å². The van der Waals surface area contributed by atoms with E-state index in [0.29, 0.717) is 18.9 Å². The van der Waals surface area contributed by atoms with Crippen LogP contribution in [-0.2, 0) is 16.1 Å². The van der Waals surface area contributed by atoms with Gasteiger partial charge in [0.2, 0.25) is 11.8 Å². The number of carbonyl (C=O) groups excluding carboxylic acids is 2. The number of anilines is 2. The molecule has 0 aromatic heterocycles. The molecule has 0 spiro atoms. The monoisotopic (exact) mass is 437 g/mol. The molecule has 174 valence electrons. The summed E-state index contributed by atoms with van der Waals surface area (Å²) in [6.07, 6.45) is 1.17. The van der Waals surface area contributed by atoms with Crippen LogP contribution in [0.2, 0.25) is 0 Å². The van der Waals surface area contributed by atoms with Crippen molar-refractivity contribution in [1.82, 2.24) is 4.90 Å². The summed E-state index contributed by atoms with van der Waals surface area (Å²) in [5.41, 5.74) is 3.88. The van der Waals surface area contributed by atoms with E-state index in [9.17, 15) is 9.59 Å². The van der Waals surface area contributed by atoms with Crippen molar-refractivity contribution < 1.29 is 9.59 Å². The Labute approximate surface area is 193 Å². The lowest BCUT2D eigenvalue weighted by Crippen LogP contribution is -2.43. The van der Waals surface area contributed by atoms with Gasteiger partial charge in [0.25, 0.3) is 0 Å². The fourth-order valence-corrected chi connectivity index (χ4v) is 3.88. The average Bonchev–Trinajstić information content (AvgIpc) is 2.77. The van der Waals surface area contributed by atoms with E-state index in [-0.39, 0.29) is 23.8 Å². The maximum Gasteiger partial charge on any atom is 0.230 e. The van der Waals surface area contributed by atoms with Crippen LogP contribution in [0.25, 0.3) is 0 Å². The third-order valence-electron chi connectivity index (χ3n) is 6.15. The van der Waals surface area contributed by atoms with Gasteiger partial charge in [-0.3, -0.25) is 9.59 Å². The summed E-state index contributed by atoms with van der Waals surface area (Å²) in [5, 5.41) is 2.95. The molecule has 0 heterocycles. The molecular formula is C27H39N3O2. The summed E-state index contributed by atoms with van der Waals surface area (Å²) in [4.78, 5) is 29.9. The molecule has 0 aliphatic rings. The highest BCUT2D eigenvalue weighted by Gasteiger charge is 2.30. The van der Waals surface area contributed by atoms with Gasteiger partial charge >= 0.3 is 0 Å². The van der Waals surface area contributed by atoms with Crippen molar-refractivity contribution >= 4 is 23.2 Å². The molecule has 32 heavy (non-hydrogen) atoms. The molecule has 0 unspecified atom stereocenters. The first-order valence-corrected chi connectivity index (χ1v) is 11.6. The minimum Gasteiger partial charge on any atom is -0.377 e. The Morgan fingerprint density at radius 3 is 2.16 bits per heavy atom. The summed E-state index contributed by atoms with van der Waals surface area (Å²) in [5.74, 6) is 0.265. The zero-order chi connectivity index (χ0) is 23.8. The second-order valence-corrected chi connectivity index (χ2v) is 8.96. The molecule has 0 aliphatic carbocycles. The Bertz CT molecular complexity index is 893. The molecule has 2 amide bonds. The standard InChI is InChI=1S/C27H39N3O2/c1-8-24(21-13-11-10-12-14-21)27(32)30(20(5)19(3)4)18-22-17-23(28-26(31)9-2)15-16-25(22)29(6)7/h10-17,19-20,24H,8-9,18H2,1-7H3,(H,28,31)/t20-,24-/m0/s1. The molecule has 0 saturated heterocycles. The summed E-state index contributed by atoms with van der Waals surface area (Å²) >= 11 is 0. The molecule has 0 aliphatic heterocycles. The first kappa shape index (κ1) is 25.4. The van der Waals surface area contributed by atoms with Crippen molar-refractivity contribution in [2.45, 2.75) is 66.0 Å².